The number of aromatic nitrogens is 7. The number of H-pyrrole nitrogens is 2. The molecule has 1 aliphatic rings. The van der Waals surface area contributed by atoms with E-state index in [1.807, 2.05) is 49.7 Å². The van der Waals surface area contributed by atoms with Gasteiger partial charge >= 0.3 is 0 Å². The number of pyridine rings is 3. The first-order valence-electron chi connectivity index (χ1n) is 13.5. The topological polar surface area (TPSA) is 99.3 Å². The summed E-state index contributed by atoms with van der Waals surface area (Å²) in [4.78, 5) is 24.4. The fourth-order valence-electron chi connectivity index (χ4n) is 5.22. The van der Waals surface area contributed by atoms with E-state index in [1.54, 1.807) is 12.4 Å². The Morgan fingerprint density at radius 1 is 1.08 bits per heavy atom. The van der Waals surface area contributed by atoms with Crippen molar-refractivity contribution in [2.24, 2.45) is 0 Å². The van der Waals surface area contributed by atoms with Gasteiger partial charge in [0.25, 0.3) is 0 Å². The van der Waals surface area contributed by atoms with Crippen molar-refractivity contribution in [3.63, 3.8) is 0 Å². The second-order valence-corrected chi connectivity index (χ2v) is 9.95. The van der Waals surface area contributed by atoms with Crippen LogP contribution < -0.4 is 10.6 Å². The van der Waals surface area contributed by atoms with Gasteiger partial charge in [-0.25, -0.2) is 4.98 Å². The summed E-state index contributed by atoms with van der Waals surface area (Å²) in [6, 6.07) is 9.90. The summed E-state index contributed by atoms with van der Waals surface area (Å²) >= 11 is 0. The Bertz CT molecular complexity index is 1730. The third-order valence-corrected chi connectivity index (χ3v) is 7.28. The molecule has 1 fully saturated rings. The van der Waals surface area contributed by atoms with Gasteiger partial charge in [-0.2, -0.15) is 5.10 Å². The van der Waals surface area contributed by atoms with Gasteiger partial charge in [0.05, 0.1) is 16.6 Å². The molecule has 5 aromatic heterocycles. The molecular formula is C31H32N8. The molecule has 0 atom stereocenters. The van der Waals surface area contributed by atoms with E-state index in [0.717, 1.165) is 69.2 Å². The van der Waals surface area contributed by atoms with E-state index in [1.165, 1.54) is 31.5 Å². The van der Waals surface area contributed by atoms with Crippen LogP contribution in [0.3, 0.4) is 0 Å². The van der Waals surface area contributed by atoms with Crippen LogP contribution in [0, 0.1) is 0 Å². The number of aryl methyl sites for hydroxylation is 1. The average Bonchev–Trinajstić information content (AvgIpc) is 3.73. The van der Waals surface area contributed by atoms with Gasteiger partial charge < -0.3 is 9.88 Å². The zero-order valence-corrected chi connectivity index (χ0v) is 22.2. The third-order valence-electron chi connectivity index (χ3n) is 7.28. The molecule has 39 heavy (non-hydrogen) atoms. The SMILES string of the molecule is C=C(/C=c1/c(-c2nc3c(-c4ccccn4)nccc3[nH]2)n[nH]/c1=C/C)c1cncc(CCCN2CCCC2)c1. The first-order valence-corrected chi connectivity index (χ1v) is 13.5. The maximum absolute atomic E-state index is 4.91. The average molecular weight is 517 g/mol. The minimum Gasteiger partial charge on any atom is -0.336 e. The zero-order chi connectivity index (χ0) is 26.6. The molecule has 8 nitrogen and oxygen atoms in total. The van der Waals surface area contributed by atoms with Crippen LogP contribution in [-0.2, 0) is 6.42 Å². The Labute approximate surface area is 227 Å². The van der Waals surface area contributed by atoms with Crippen LogP contribution in [0.2, 0.25) is 0 Å². The Morgan fingerprint density at radius 2 is 1.97 bits per heavy atom. The molecule has 8 heteroatoms. The Kier molecular flexibility index (Phi) is 7.10. The quantitative estimate of drug-likeness (QED) is 0.322. The summed E-state index contributed by atoms with van der Waals surface area (Å²) in [6.07, 6.45) is 16.3. The van der Waals surface area contributed by atoms with Crippen molar-refractivity contribution in [1.29, 1.82) is 0 Å². The van der Waals surface area contributed by atoms with Crippen molar-refractivity contribution < 1.29 is 0 Å². The van der Waals surface area contributed by atoms with E-state index in [0.29, 0.717) is 5.82 Å². The van der Waals surface area contributed by atoms with Gasteiger partial charge in [0.2, 0.25) is 0 Å². The number of hydrogen-bond acceptors (Lipinski definition) is 6. The van der Waals surface area contributed by atoms with Crippen LogP contribution in [0.25, 0.3) is 51.7 Å². The summed E-state index contributed by atoms with van der Waals surface area (Å²) < 4.78 is 0. The first-order chi connectivity index (χ1) is 19.2. The van der Waals surface area contributed by atoms with E-state index in [9.17, 15) is 0 Å². The molecule has 0 spiro atoms. The second kappa shape index (κ2) is 11.1. The third kappa shape index (κ3) is 5.28. The summed E-state index contributed by atoms with van der Waals surface area (Å²) in [6.45, 7) is 10.00. The highest BCUT2D eigenvalue weighted by molar-refractivity contribution is 5.91. The standard InChI is InChI=1S/C31H32N8/c1-3-25-24(17-21(2)23-18-22(19-32-20-23)9-8-16-39-14-6-7-15-39)28(38-37-25)31-35-27-11-13-34-29(30(27)36-31)26-10-4-5-12-33-26/h3-5,10-13,17-20,37H,2,6-9,14-16H2,1H3,(H,35,36)/b24-17+,25-3+. The highest BCUT2D eigenvalue weighted by atomic mass is 15.1. The van der Waals surface area contributed by atoms with Crippen LogP contribution in [0.4, 0.5) is 0 Å². The van der Waals surface area contributed by atoms with Gasteiger partial charge in [-0.1, -0.05) is 18.7 Å². The number of hydrogen-bond donors (Lipinski definition) is 2. The summed E-state index contributed by atoms with van der Waals surface area (Å²) in [5.41, 5.74) is 6.99. The lowest BCUT2D eigenvalue weighted by atomic mass is 10.0. The number of nitrogens with one attached hydrogen (secondary N) is 2. The normalized spacial score (nSPS) is 15.0. The van der Waals surface area contributed by atoms with Crippen LogP contribution in [-0.4, -0.2) is 59.7 Å². The van der Waals surface area contributed by atoms with E-state index in [4.69, 9.17) is 4.98 Å². The first kappa shape index (κ1) is 24.9. The summed E-state index contributed by atoms with van der Waals surface area (Å²) in [5.74, 6) is 0.660. The molecule has 0 saturated carbocycles. The van der Waals surface area contributed by atoms with Crippen LogP contribution in [0.5, 0.6) is 0 Å². The maximum Gasteiger partial charge on any atom is 0.159 e. The lowest BCUT2D eigenvalue weighted by Gasteiger charge is -2.14. The minimum atomic E-state index is 0.660. The smallest absolute Gasteiger partial charge is 0.159 e. The number of imidazole rings is 1. The van der Waals surface area contributed by atoms with E-state index in [-0.39, 0.29) is 0 Å². The van der Waals surface area contributed by atoms with Gasteiger partial charge in [0, 0.05) is 30.0 Å². The fourth-order valence-corrected chi connectivity index (χ4v) is 5.22. The van der Waals surface area contributed by atoms with Crippen molar-refractivity contribution in [3.8, 4) is 22.9 Å². The van der Waals surface area contributed by atoms with E-state index >= 15 is 0 Å². The number of fused-ring (bicyclic) bond motifs is 1. The molecule has 6 rings (SSSR count). The largest absolute Gasteiger partial charge is 0.336 e. The molecule has 1 saturated heterocycles. The molecular weight excluding hydrogens is 484 g/mol. The predicted octanol–water partition coefficient (Wildman–Crippen LogP) is 4.13. The van der Waals surface area contributed by atoms with Crippen molar-refractivity contribution in [1.82, 2.24) is 40.0 Å². The molecule has 5 aromatic rings. The molecule has 0 unspecified atom stereocenters. The Hall–Kier alpha value is -4.43. The highest BCUT2D eigenvalue weighted by Crippen LogP contribution is 2.25. The maximum atomic E-state index is 4.91. The predicted molar refractivity (Wildman–Crippen MR) is 156 cm³/mol. The van der Waals surface area contributed by atoms with Gasteiger partial charge in [-0.05, 0) is 99.3 Å². The highest BCUT2D eigenvalue weighted by Gasteiger charge is 2.16. The van der Waals surface area contributed by atoms with Crippen LogP contribution >= 0.6 is 0 Å². The van der Waals surface area contributed by atoms with Gasteiger partial charge in [0.15, 0.2) is 5.82 Å². The van der Waals surface area contributed by atoms with Gasteiger partial charge in [0.1, 0.15) is 16.9 Å². The molecule has 0 bridgehead atoms. The van der Waals surface area contributed by atoms with Gasteiger partial charge in [-0.3, -0.25) is 20.1 Å². The number of nitrogens with zero attached hydrogens (tertiary/aromatic N) is 6. The second-order valence-electron chi connectivity index (χ2n) is 9.95. The Morgan fingerprint density at radius 3 is 2.79 bits per heavy atom. The summed E-state index contributed by atoms with van der Waals surface area (Å²) in [5, 5.41) is 9.60. The molecule has 0 aliphatic carbocycles. The monoisotopic (exact) mass is 516 g/mol. The van der Waals surface area contributed by atoms with E-state index in [2.05, 4.69) is 53.8 Å². The molecule has 2 N–H and O–H groups in total. The van der Waals surface area contributed by atoms with Crippen LogP contribution in [0.15, 0.2) is 61.7 Å². The number of rotatable bonds is 8. The number of likely N-dealkylation sites (tertiary alicyclic amines) is 1. The lowest BCUT2D eigenvalue weighted by Crippen LogP contribution is -2.23. The number of allylic oxidation sites excluding steroid dienone is 1. The van der Waals surface area contributed by atoms with Crippen LogP contribution in [0.1, 0.15) is 37.3 Å². The van der Waals surface area contributed by atoms with Crippen molar-refractivity contribution >= 4 is 28.8 Å². The van der Waals surface area contributed by atoms with Crippen molar-refractivity contribution in [2.45, 2.75) is 32.6 Å². The molecule has 6 heterocycles. The zero-order valence-electron chi connectivity index (χ0n) is 22.2. The molecule has 0 amide bonds. The summed E-state index contributed by atoms with van der Waals surface area (Å²) in [7, 11) is 0. The fraction of sp³-hybridized carbons (Fsp3) is 0.258. The van der Waals surface area contributed by atoms with E-state index < -0.39 is 0 Å². The van der Waals surface area contributed by atoms with Gasteiger partial charge in [-0.15, -0.1) is 0 Å². The van der Waals surface area contributed by atoms with Crippen molar-refractivity contribution in [3.05, 3.63) is 83.4 Å². The van der Waals surface area contributed by atoms with Crippen molar-refractivity contribution in [2.75, 3.05) is 19.6 Å². The Balaban J connectivity index is 1.31. The molecule has 196 valence electrons. The number of aromatic amines is 2. The molecule has 0 radical (unpaired) electrons. The molecule has 1 aliphatic heterocycles. The molecule has 0 aromatic carbocycles. The lowest BCUT2D eigenvalue weighted by molar-refractivity contribution is 0.334. The minimum absolute atomic E-state index is 0.660.